The van der Waals surface area contributed by atoms with E-state index in [4.69, 9.17) is 14.6 Å². The lowest BCUT2D eigenvalue weighted by Gasteiger charge is -2.36. The molecule has 0 aromatic rings. The minimum absolute atomic E-state index is 0.0254. The molecule has 0 saturated carbocycles. The van der Waals surface area contributed by atoms with E-state index in [9.17, 15) is 44.4 Å². The molecule has 2 aliphatic carbocycles. The van der Waals surface area contributed by atoms with Gasteiger partial charge in [-0.15, -0.1) is 0 Å². The molecule has 0 aromatic carbocycles. The predicted molar refractivity (Wildman–Crippen MR) is 230 cm³/mol. The Morgan fingerprint density at radius 3 is 1.35 bits per heavy atom. The first-order valence-electron chi connectivity index (χ1n) is 19.8. The molecule has 0 heterocycles. The van der Waals surface area contributed by atoms with E-state index in [0.29, 0.717) is 11.1 Å². The molecule has 6 unspecified atom stereocenters. The Bertz CT molecular complexity index is 1970. The van der Waals surface area contributed by atoms with Gasteiger partial charge in [0.25, 0.3) is 0 Å². The molecule has 0 spiro atoms. The minimum atomic E-state index is -2.06. The fourth-order valence-electron chi connectivity index (χ4n) is 6.65. The van der Waals surface area contributed by atoms with Crippen LogP contribution in [0.4, 0.5) is 0 Å². The average Bonchev–Trinajstić information content (AvgIpc) is 3.18. The maximum Gasteiger partial charge on any atom is 0.338 e. The number of ether oxygens (including phenoxy) is 2. The molecule has 6 atom stereocenters. The summed E-state index contributed by atoms with van der Waals surface area (Å²) in [5, 5.41) is 47.6. The van der Waals surface area contributed by atoms with Crippen LogP contribution in [-0.4, -0.2) is 98.6 Å². The Morgan fingerprint density at radius 1 is 0.633 bits per heavy atom. The van der Waals surface area contributed by atoms with Crippen molar-refractivity contribution < 1.29 is 59.0 Å². The number of hydrogen-bond acceptors (Lipinski definition) is 12. The van der Waals surface area contributed by atoms with Gasteiger partial charge in [0.15, 0.2) is 42.3 Å². The number of carbonyl (C=O) groups is 5. The van der Waals surface area contributed by atoms with Gasteiger partial charge in [0.1, 0.15) is 12.2 Å². The number of hydrogen-bond donors (Lipinski definition) is 5. The van der Waals surface area contributed by atoms with Crippen LogP contribution in [-0.2, 0) is 33.4 Å². The van der Waals surface area contributed by atoms with Gasteiger partial charge < -0.3 is 39.8 Å². The van der Waals surface area contributed by atoms with E-state index < -0.39 is 71.8 Å². The Morgan fingerprint density at radius 2 is 0.983 bits per heavy atom. The van der Waals surface area contributed by atoms with Gasteiger partial charge in [-0.05, 0) is 74.7 Å². The first-order chi connectivity index (χ1) is 28.0. The Hall–Kier alpha value is -5.11. The molecular weight excluding hydrogens is 769 g/mol. The molecule has 0 fully saturated rings. The highest BCUT2D eigenvalue weighted by Crippen LogP contribution is 2.42. The fraction of sp³-hybridized carbons (Fsp3) is 0.438. The lowest BCUT2D eigenvalue weighted by atomic mass is 9.71. The number of ketones is 2. The van der Waals surface area contributed by atoms with Gasteiger partial charge in [0.05, 0.1) is 6.61 Å². The number of esters is 2. The van der Waals surface area contributed by atoms with Crippen molar-refractivity contribution >= 4 is 29.8 Å². The normalized spacial score (nSPS) is 23.1. The fourth-order valence-corrected chi connectivity index (χ4v) is 6.65. The molecule has 12 heteroatoms. The van der Waals surface area contributed by atoms with Crippen LogP contribution in [0.25, 0.3) is 0 Å². The smallest absolute Gasteiger partial charge is 0.338 e. The summed E-state index contributed by atoms with van der Waals surface area (Å²) in [6, 6.07) is 0. The third-order valence-electron chi connectivity index (χ3n) is 10.3. The van der Waals surface area contributed by atoms with Crippen LogP contribution in [0.1, 0.15) is 82.1 Å². The topological polar surface area (TPSA) is 205 Å². The lowest BCUT2D eigenvalue weighted by molar-refractivity contribution is -0.170. The molecule has 0 radical (unpaired) electrons. The molecule has 0 aliphatic heterocycles. The van der Waals surface area contributed by atoms with E-state index in [1.165, 1.54) is 0 Å². The van der Waals surface area contributed by atoms with Crippen molar-refractivity contribution in [3.63, 3.8) is 0 Å². The zero-order chi connectivity index (χ0) is 45.5. The number of aliphatic hydroxyl groups is 5. The van der Waals surface area contributed by atoms with Gasteiger partial charge in [-0.25, -0.2) is 9.59 Å². The summed E-state index contributed by atoms with van der Waals surface area (Å²) in [7, 11) is 0. The maximum absolute atomic E-state index is 13.0. The summed E-state index contributed by atoms with van der Waals surface area (Å²) >= 11 is 0. The van der Waals surface area contributed by atoms with Gasteiger partial charge in [-0.3, -0.25) is 9.59 Å². The number of Topliss-reactive ketones (excluding diaryl/α,β-unsaturated/α-hetero) is 2. The van der Waals surface area contributed by atoms with Crippen LogP contribution < -0.4 is 0 Å². The summed E-state index contributed by atoms with van der Waals surface area (Å²) in [6.45, 7) is 18.1. The molecule has 2 rings (SSSR count). The van der Waals surface area contributed by atoms with Crippen molar-refractivity contribution in [2.75, 3.05) is 6.61 Å². The van der Waals surface area contributed by atoms with E-state index in [1.807, 2.05) is 140 Å². The SMILES string of the molecule is CC1=C(/C=C/C(C)=C/C=C/C(C)=C/C=C/C=C(C)/C=C/C=C(C)/C=C/C2=C(C)C(=O)C(OC(=O)C(O)C(O)CO)CC2(C)C)C(C)(C)CC(OC(=O)C(O)C(O)C=O)C1=O. The number of allylic oxidation sites excluding steroid dienone is 20. The maximum atomic E-state index is 13.0. The van der Waals surface area contributed by atoms with Crippen LogP contribution in [0.3, 0.4) is 0 Å². The summed E-state index contributed by atoms with van der Waals surface area (Å²) < 4.78 is 10.4. The Labute approximate surface area is 353 Å². The molecular formula is C48H62O12. The number of aliphatic hydroxyl groups excluding tert-OH is 5. The van der Waals surface area contributed by atoms with E-state index >= 15 is 0 Å². The second kappa shape index (κ2) is 23.0. The molecule has 0 bridgehead atoms. The first-order valence-corrected chi connectivity index (χ1v) is 19.8. The van der Waals surface area contributed by atoms with Gasteiger partial charge in [0, 0.05) is 12.8 Å². The van der Waals surface area contributed by atoms with Crippen molar-refractivity contribution in [3.8, 4) is 0 Å². The minimum Gasteiger partial charge on any atom is -0.452 e. The van der Waals surface area contributed by atoms with Gasteiger partial charge >= 0.3 is 11.9 Å². The second-order valence-corrected chi connectivity index (χ2v) is 16.5. The van der Waals surface area contributed by atoms with Crippen LogP contribution in [0.5, 0.6) is 0 Å². The second-order valence-electron chi connectivity index (χ2n) is 16.5. The molecule has 326 valence electrons. The highest BCUT2D eigenvalue weighted by Gasteiger charge is 2.42. The third kappa shape index (κ3) is 14.9. The molecule has 2 aliphatic rings. The molecule has 12 nitrogen and oxygen atoms in total. The van der Waals surface area contributed by atoms with E-state index in [-0.39, 0.29) is 24.9 Å². The van der Waals surface area contributed by atoms with Gasteiger partial charge in [0.2, 0.25) is 0 Å². The first kappa shape index (κ1) is 51.0. The Balaban J connectivity index is 2.00. The standard InChI is InChI=1S/C48H62O12/c1-29(17-13-19-31(3)21-23-35-33(5)41(53)39(25-47(35,7)8)59-45(57)43(55)37(51)27-49)15-11-12-16-30(2)18-14-20-32(4)22-24-36-34(6)42(54)40(26-48(36,9)10)60-46(58)44(56)38(52)28-50/h11-24,27,37-40,43-44,50-52,55-56H,25-26,28H2,1-10H3/b12-11+,17-13+,18-14+,23-21+,24-22+,29-15+,30-16+,31-19+,32-20+. The van der Waals surface area contributed by atoms with Crippen LogP contribution in [0.2, 0.25) is 0 Å². The van der Waals surface area contributed by atoms with Crippen LogP contribution in [0.15, 0.2) is 130 Å². The van der Waals surface area contributed by atoms with Crippen molar-refractivity contribution in [1.29, 1.82) is 0 Å². The number of aldehydes is 1. The zero-order valence-corrected chi connectivity index (χ0v) is 36.3. The molecule has 60 heavy (non-hydrogen) atoms. The largest absolute Gasteiger partial charge is 0.452 e. The number of rotatable bonds is 18. The number of carbonyl (C=O) groups excluding carboxylic acids is 5. The molecule has 0 aromatic heterocycles. The van der Waals surface area contributed by atoms with Crippen molar-refractivity contribution in [2.45, 2.75) is 119 Å². The van der Waals surface area contributed by atoms with E-state index in [2.05, 4.69) is 0 Å². The van der Waals surface area contributed by atoms with Crippen molar-refractivity contribution in [2.24, 2.45) is 10.8 Å². The third-order valence-corrected chi connectivity index (χ3v) is 10.3. The molecule has 0 amide bonds. The summed E-state index contributed by atoms with van der Waals surface area (Å²) in [4.78, 5) is 61.2. The van der Waals surface area contributed by atoms with Crippen LogP contribution in [0, 0.1) is 10.8 Å². The quantitative estimate of drug-likeness (QED) is 0.0647. The van der Waals surface area contributed by atoms with Crippen molar-refractivity contribution in [1.82, 2.24) is 0 Å². The van der Waals surface area contributed by atoms with Gasteiger partial charge in [-0.2, -0.15) is 0 Å². The van der Waals surface area contributed by atoms with Crippen molar-refractivity contribution in [3.05, 3.63) is 130 Å². The van der Waals surface area contributed by atoms with Gasteiger partial charge in [-0.1, -0.05) is 135 Å². The summed E-state index contributed by atoms with van der Waals surface area (Å²) in [5.41, 5.74) is 5.33. The monoisotopic (exact) mass is 830 g/mol. The summed E-state index contributed by atoms with van der Waals surface area (Å²) in [6.07, 6.45) is 17.6. The highest BCUT2D eigenvalue weighted by atomic mass is 16.6. The lowest BCUT2D eigenvalue weighted by Crippen LogP contribution is -2.44. The Kier molecular flexibility index (Phi) is 19.6. The molecule has 5 N–H and O–H groups in total. The summed E-state index contributed by atoms with van der Waals surface area (Å²) in [5.74, 6) is -3.17. The van der Waals surface area contributed by atoms with Crippen LogP contribution >= 0.6 is 0 Å². The zero-order valence-electron chi connectivity index (χ0n) is 36.3. The average molecular weight is 831 g/mol. The predicted octanol–water partition coefficient (Wildman–Crippen LogP) is 5.64. The highest BCUT2D eigenvalue weighted by molar-refractivity contribution is 6.02. The van der Waals surface area contributed by atoms with E-state index in [1.54, 1.807) is 13.8 Å². The van der Waals surface area contributed by atoms with E-state index in [0.717, 1.165) is 33.4 Å². The molecule has 0 saturated heterocycles.